The van der Waals surface area contributed by atoms with Crippen LogP contribution < -0.4 is 11.1 Å². The topological polar surface area (TPSA) is 73.1 Å². The molecule has 0 atom stereocenters. The molecule has 0 saturated heterocycles. The van der Waals surface area contributed by atoms with Gasteiger partial charge in [0, 0.05) is 18.9 Å². The van der Waals surface area contributed by atoms with E-state index in [2.05, 4.69) is 21.9 Å². The Morgan fingerprint density at radius 1 is 1.53 bits per heavy atom. The van der Waals surface area contributed by atoms with Crippen LogP contribution in [-0.4, -0.2) is 29.7 Å². The zero-order valence-corrected chi connectivity index (χ0v) is 8.86. The van der Waals surface area contributed by atoms with Gasteiger partial charge in [0.25, 0.3) is 0 Å². The highest BCUT2D eigenvalue weighted by atomic mass is 16.5. The second-order valence-electron chi connectivity index (χ2n) is 3.23. The molecule has 1 aromatic heterocycles. The first-order chi connectivity index (χ1) is 7.20. The van der Waals surface area contributed by atoms with Crippen molar-refractivity contribution in [1.29, 1.82) is 0 Å². The van der Waals surface area contributed by atoms with Gasteiger partial charge >= 0.3 is 0 Å². The molecule has 0 aromatic carbocycles. The van der Waals surface area contributed by atoms with Crippen molar-refractivity contribution in [3.05, 3.63) is 24.5 Å². The SMILES string of the molecule is C=C(C)COCCNc1nccnc1N. The largest absolute Gasteiger partial charge is 0.381 e. The van der Waals surface area contributed by atoms with Crippen molar-refractivity contribution in [2.75, 3.05) is 30.8 Å². The first kappa shape index (κ1) is 11.5. The highest BCUT2D eigenvalue weighted by Gasteiger charge is 1.98. The van der Waals surface area contributed by atoms with Crippen molar-refractivity contribution in [1.82, 2.24) is 9.97 Å². The summed E-state index contributed by atoms with van der Waals surface area (Å²) in [6.45, 7) is 7.48. The minimum atomic E-state index is 0.400. The van der Waals surface area contributed by atoms with Gasteiger partial charge in [0.05, 0.1) is 13.2 Å². The third-order valence-electron chi connectivity index (χ3n) is 1.61. The lowest BCUT2D eigenvalue weighted by Gasteiger charge is -2.07. The average Bonchev–Trinajstić information content (AvgIpc) is 2.20. The van der Waals surface area contributed by atoms with Gasteiger partial charge in [-0.3, -0.25) is 0 Å². The Bertz CT molecular complexity index is 327. The van der Waals surface area contributed by atoms with E-state index in [1.165, 1.54) is 0 Å². The maximum absolute atomic E-state index is 5.59. The third kappa shape index (κ3) is 4.42. The summed E-state index contributed by atoms with van der Waals surface area (Å²) in [5.74, 6) is 0.994. The van der Waals surface area contributed by atoms with Gasteiger partial charge in [-0.2, -0.15) is 0 Å². The van der Waals surface area contributed by atoms with Gasteiger partial charge in [-0.1, -0.05) is 12.2 Å². The lowest BCUT2D eigenvalue weighted by Crippen LogP contribution is -2.12. The van der Waals surface area contributed by atoms with E-state index in [-0.39, 0.29) is 0 Å². The number of nitrogens with one attached hydrogen (secondary N) is 1. The van der Waals surface area contributed by atoms with E-state index in [0.29, 0.717) is 31.4 Å². The molecule has 1 aromatic rings. The van der Waals surface area contributed by atoms with Crippen LogP contribution in [0.25, 0.3) is 0 Å². The summed E-state index contributed by atoms with van der Waals surface area (Å²) in [7, 11) is 0. The van der Waals surface area contributed by atoms with Crippen LogP contribution in [-0.2, 0) is 4.74 Å². The lowest BCUT2D eigenvalue weighted by atomic mass is 10.4. The van der Waals surface area contributed by atoms with Crippen LogP contribution in [0.2, 0.25) is 0 Å². The first-order valence-electron chi connectivity index (χ1n) is 4.72. The van der Waals surface area contributed by atoms with Gasteiger partial charge in [0.15, 0.2) is 11.6 Å². The monoisotopic (exact) mass is 208 g/mol. The molecule has 0 spiro atoms. The third-order valence-corrected chi connectivity index (χ3v) is 1.61. The van der Waals surface area contributed by atoms with Crippen LogP contribution >= 0.6 is 0 Å². The number of nitrogen functional groups attached to an aromatic ring is 1. The minimum Gasteiger partial charge on any atom is -0.381 e. The van der Waals surface area contributed by atoms with Gasteiger partial charge < -0.3 is 15.8 Å². The Balaban J connectivity index is 2.21. The molecular formula is C10H16N4O. The number of hydrogen-bond donors (Lipinski definition) is 2. The van der Waals surface area contributed by atoms with Crippen molar-refractivity contribution in [3.63, 3.8) is 0 Å². The predicted octanol–water partition coefficient (Wildman–Crippen LogP) is 1.06. The molecule has 15 heavy (non-hydrogen) atoms. The summed E-state index contributed by atoms with van der Waals surface area (Å²) in [4.78, 5) is 7.94. The maximum Gasteiger partial charge on any atom is 0.169 e. The van der Waals surface area contributed by atoms with Crippen LogP contribution in [0.15, 0.2) is 24.5 Å². The summed E-state index contributed by atoms with van der Waals surface area (Å²) in [5, 5.41) is 3.03. The Hall–Kier alpha value is -1.62. The van der Waals surface area contributed by atoms with Crippen LogP contribution in [0, 0.1) is 0 Å². The Kier molecular flexibility index (Phi) is 4.56. The van der Waals surface area contributed by atoms with E-state index in [9.17, 15) is 0 Å². The molecule has 0 aliphatic heterocycles. The fraction of sp³-hybridized carbons (Fsp3) is 0.400. The molecule has 0 aliphatic rings. The van der Waals surface area contributed by atoms with E-state index in [0.717, 1.165) is 5.57 Å². The molecule has 0 fully saturated rings. The van der Waals surface area contributed by atoms with E-state index >= 15 is 0 Å². The fourth-order valence-corrected chi connectivity index (χ4v) is 0.973. The normalized spacial score (nSPS) is 9.93. The number of aromatic nitrogens is 2. The maximum atomic E-state index is 5.59. The van der Waals surface area contributed by atoms with Gasteiger partial charge in [0.2, 0.25) is 0 Å². The van der Waals surface area contributed by atoms with Crippen molar-refractivity contribution in [2.24, 2.45) is 0 Å². The molecule has 1 heterocycles. The Morgan fingerprint density at radius 2 is 2.27 bits per heavy atom. The summed E-state index contributed by atoms with van der Waals surface area (Å²) in [6, 6.07) is 0. The number of hydrogen-bond acceptors (Lipinski definition) is 5. The van der Waals surface area contributed by atoms with Gasteiger partial charge in [-0.15, -0.1) is 0 Å². The van der Waals surface area contributed by atoms with Crippen molar-refractivity contribution in [3.8, 4) is 0 Å². The van der Waals surface area contributed by atoms with E-state index < -0.39 is 0 Å². The molecular weight excluding hydrogens is 192 g/mol. The molecule has 1 rings (SSSR count). The fourth-order valence-electron chi connectivity index (χ4n) is 0.973. The number of anilines is 2. The van der Waals surface area contributed by atoms with Gasteiger partial charge in [0.1, 0.15) is 0 Å². The number of nitrogens with two attached hydrogens (primary N) is 1. The van der Waals surface area contributed by atoms with Crippen molar-refractivity contribution >= 4 is 11.6 Å². The highest BCUT2D eigenvalue weighted by Crippen LogP contribution is 2.08. The second kappa shape index (κ2) is 5.98. The van der Waals surface area contributed by atoms with Crippen molar-refractivity contribution in [2.45, 2.75) is 6.92 Å². The standard InChI is InChI=1S/C10H16N4O/c1-8(2)7-15-6-5-14-10-9(11)12-3-4-13-10/h3-4H,1,5-7H2,2H3,(H2,11,12)(H,13,14). The molecule has 82 valence electrons. The molecule has 0 radical (unpaired) electrons. The predicted molar refractivity (Wildman–Crippen MR) is 60.6 cm³/mol. The van der Waals surface area contributed by atoms with Crippen molar-refractivity contribution < 1.29 is 4.74 Å². The van der Waals surface area contributed by atoms with Crippen LogP contribution in [0.3, 0.4) is 0 Å². The summed E-state index contributed by atoms with van der Waals surface area (Å²) < 4.78 is 5.31. The zero-order chi connectivity index (χ0) is 11.1. The van der Waals surface area contributed by atoms with E-state index in [1.54, 1.807) is 12.4 Å². The van der Waals surface area contributed by atoms with Crippen LogP contribution in [0.4, 0.5) is 11.6 Å². The molecule has 0 aliphatic carbocycles. The van der Waals surface area contributed by atoms with Crippen LogP contribution in [0.5, 0.6) is 0 Å². The van der Waals surface area contributed by atoms with Gasteiger partial charge in [-0.25, -0.2) is 9.97 Å². The molecule has 3 N–H and O–H groups in total. The number of nitrogens with zero attached hydrogens (tertiary/aromatic N) is 2. The van der Waals surface area contributed by atoms with E-state index in [1.807, 2.05) is 6.92 Å². The molecule has 5 heteroatoms. The second-order valence-corrected chi connectivity index (χ2v) is 3.23. The molecule has 0 unspecified atom stereocenters. The summed E-state index contributed by atoms with van der Waals surface area (Å²) in [6.07, 6.45) is 3.14. The zero-order valence-electron chi connectivity index (χ0n) is 8.86. The minimum absolute atomic E-state index is 0.400. The smallest absolute Gasteiger partial charge is 0.169 e. The number of rotatable bonds is 6. The van der Waals surface area contributed by atoms with Gasteiger partial charge in [-0.05, 0) is 6.92 Å². The Labute approximate surface area is 89.4 Å². The number of ether oxygens (including phenoxy) is 1. The summed E-state index contributed by atoms with van der Waals surface area (Å²) >= 11 is 0. The average molecular weight is 208 g/mol. The van der Waals surface area contributed by atoms with E-state index in [4.69, 9.17) is 10.5 Å². The Morgan fingerprint density at radius 3 is 2.93 bits per heavy atom. The molecule has 0 saturated carbocycles. The highest BCUT2D eigenvalue weighted by molar-refractivity contribution is 5.54. The van der Waals surface area contributed by atoms with Crippen LogP contribution in [0.1, 0.15) is 6.92 Å². The first-order valence-corrected chi connectivity index (χ1v) is 4.72. The quantitative estimate of drug-likeness (QED) is 0.540. The lowest BCUT2D eigenvalue weighted by molar-refractivity contribution is 0.167. The molecule has 5 nitrogen and oxygen atoms in total. The molecule has 0 amide bonds. The molecule has 0 bridgehead atoms. The summed E-state index contributed by atoms with van der Waals surface area (Å²) in [5.41, 5.74) is 6.60.